The summed E-state index contributed by atoms with van der Waals surface area (Å²) in [5, 5.41) is 6.22. The number of halogens is 2. The molecule has 0 aliphatic heterocycles. The van der Waals surface area contributed by atoms with Gasteiger partial charge >= 0.3 is 0 Å². The van der Waals surface area contributed by atoms with Gasteiger partial charge < -0.3 is 10.6 Å². The molecule has 0 fully saturated rings. The molecule has 0 unspecified atom stereocenters. The van der Waals surface area contributed by atoms with Gasteiger partial charge in [0.25, 0.3) is 0 Å². The molecule has 0 saturated heterocycles. The maximum Gasteiger partial charge on any atom is 0.225 e. The van der Waals surface area contributed by atoms with Crippen LogP contribution in [-0.2, 0) is 0 Å². The smallest absolute Gasteiger partial charge is 0.225 e. The van der Waals surface area contributed by atoms with Crippen molar-refractivity contribution in [1.29, 1.82) is 0 Å². The van der Waals surface area contributed by atoms with Crippen LogP contribution in [0.25, 0.3) is 11.3 Å². The monoisotopic (exact) mass is 354 g/mol. The van der Waals surface area contributed by atoms with Crippen LogP contribution in [0.2, 0.25) is 0 Å². The minimum atomic E-state index is -0.912. The normalized spacial score (nSPS) is 10.8. The van der Waals surface area contributed by atoms with E-state index >= 15 is 0 Å². The number of hydrogen-bond acceptors (Lipinski definition) is 4. The van der Waals surface area contributed by atoms with Gasteiger partial charge in [-0.05, 0) is 18.1 Å². The predicted molar refractivity (Wildman–Crippen MR) is 100 cm³/mol. The molecule has 2 aromatic carbocycles. The third-order valence-electron chi connectivity index (χ3n) is 3.66. The van der Waals surface area contributed by atoms with E-state index in [1.54, 1.807) is 6.07 Å². The third-order valence-corrected chi connectivity index (χ3v) is 3.66. The molecule has 1 heterocycles. The van der Waals surface area contributed by atoms with E-state index in [4.69, 9.17) is 0 Å². The van der Waals surface area contributed by atoms with Gasteiger partial charge in [-0.1, -0.05) is 44.2 Å². The molecule has 26 heavy (non-hydrogen) atoms. The van der Waals surface area contributed by atoms with Gasteiger partial charge in [0.15, 0.2) is 11.6 Å². The second-order valence-electron chi connectivity index (χ2n) is 6.36. The quantitative estimate of drug-likeness (QED) is 0.636. The Labute approximate surface area is 151 Å². The van der Waals surface area contributed by atoms with Crippen LogP contribution in [0, 0.1) is 17.6 Å². The zero-order valence-electron chi connectivity index (χ0n) is 14.6. The van der Waals surface area contributed by atoms with Gasteiger partial charge in [0.05, 0.1) is 5.69 Å². The van der Waals surface area contributed by atoms with Crippen molar-refractivity contribution in [2.24, 2.45) is 5.92 Å². The zero-order valence-corrected chi connectivity index (χ0v) is 14.6. The highest BCUT2D eigenvalue weighted by molar-refractivity contribution is 5.67. The Morgan fingerprint density at radius 3 is 2.38 bits per heavy atom. The van der Waals surface area contributed by atoms with Gasteiger partial charge in [0.1, 0.15) is 5.82 Å². The van der Waals surface area contributed by atoms with Gasteiger partial charge in [0, 0.05) is 29.9 Å². The molecule has 6 heteroatoms. The molecule has 0 amide bonds. The van der Waals surface area contributed by atoms with Gasteiger partial charge in [-0.15, -0.1) is 0 Å². The number of benzene rings is 2. The van der Waals surface area contributed by atoms with Crippen molar-refractivity contribution in [3.63, 3.8) is 0 Å². The van der Waals surface area contributed by atoms with Crippen molar-refractivity contribution in [1.82, 2.24) is 9.97 Å². The van der Waals surface area contributed by atoms with Crippen LogP contribution < -0.4 is 10.6 Å². The van der Waals surface area contributed by atoms with Crippen molar-refractivity contribution in [3.8, 4) is 11.3 Å². The highest BCUT2D eigenvalue weighted by Crippen LogP contribution is 2.24. The Morgan fingerprint density at radius 1 is 0.923 bits per heavy atom. The Kier molecular flexibility index (Phi) is 5.41. The van der Waals surface area contributed by atoms with Crippen LogP contribution in [-0.4, -0.2) is 16.5 Å². The first-order chi connectivity index (χ1) is 12.5. The SMILES string of the molecule is CC(C)CNc1nc(Nc2ccc(F)c(F)c2)cc(-c2ccccc2)n1. The summed E-state index contributed by atoms with van der Waals surface area (Å²) >= 11 is 0. The number of aromatic nitrogens is 2. The summed E-state index contributed by atoms with van der Waals surface area (Å²) in [6.45, 7) is 4.91. The highest BCUT2D eigenvalue weighted by Gasteiger charge is 2.09. The molecule has 3 aromatic rings. The predicted octanol–water partition coefficient (Wildman–Crippen LogP) is 5.23. The molecular weight excluding hydrogens is 334 g/mol. The van der Waals surface area contributed by atoms with Crippen LogP contribution in [0.3, 0.4) is 0 Å². The summed E-state index contributed by atoms with van der Waals surface area (Å²) in [5.74, 6) is -0.393. The molecule has 0 saturated carbocycles. The number of rotatable bonds is 6. The van der Waals surface area contributed by atoms with E-state index < -0.39 is 11.6 Å². The fraction of sp³-hybridized carbons (Fsp3) is 0.200. The van der Waals surface area contributed by atoms with Gasteiger partial charge in [-0.25, -0.2) is 13.8 Å². The fourth-order valence-corrected chi connectivity index (χ4v) is 2.36. The molecule has 4 nitrogen and oxygen atoms in total. The average molecular weight is 354 g/mol. The third kappa shape index (κ3) is 4.53. The lowest BCUT2D eigenvalue weighted by atomic mass is 10.1. The summed E-state index contributed by atoms with van der Waals surface area (Å²) in [4.78, 5) is 8.98. The van der Waals surface area contributed by atoms with Gasteiger partial charge in [0.2, 0.25) is 5.95 Å². The highest BCUT2D eigenvalue weighted by atomic mass is 19.2. The van der Waals surface area contributed by atoms with E-state index in [0.29, 0.717) is 23.4 Å². The summed E-state index contributed by atoms with van der Waals surface area (Å²) < 4.78 is 26.6. The van der Waals surface area contributed by atoms with Crippen molar-refractivity contribution in [2.75, 3.05) is 17.2 Å². The van der Waals surface area contributed by atoms with Crippen molar-refractivity contribution < 1.29 is 8.78 Å². The first-order valence-corrected chi connectivity index (χ1v) is 8.41. The summed E-state index contributed by atoms with van der Waals surface area (Å²) in [6, 6.07) is 15.1. The maximum absolute atomic E-state index is 13.5. The Balaban J connectivity index is 1.94. The van der Waals surface area contributed by atoms with E-state index in [-0.39, 0.29) is 0 Å². The lowest BCUT2D eigenvalue weighted by Crippen LogP contribution is -2.11. The average Bonchev–Trinajstić information content (AvgIpc) is 2.64. The molecule has 134 valence electrons. The van der Waals surface area contributed by atoms with E-state index in [0.717, 1.165) is 29.9 Å². The van der Waals surface area contributed by atoms with Crippen molar-refractivity contribution >= 4 is 17.5 Å². The van der Waals surface area contributed by atoms with Crippen LogP contribution in [0.1, 0.15) is 13.8 Å². The van der Waals surface area contributed by atoms with Gasteiger partial charge in [-0.3, -0.25) is 0 Å². The minimum absolute atomic E-state index is 0.413. The van der Waals surface area contributed by atoms with Crippen molar-refractivity contribution in [3.05, 3.63) is 66.2 Å². The van der Waals surface area contributed by atoms with Crippen LogP contribution >= 0.6 is 0 Å². The minimum Gasteiger partial charge on any atom is -0.354 e. The van der Waals surface area contributed by atoms with Gasteiger partial charge in [-0.2, -0.15) is 4.98 Å². The second kappa shape index (κ2) is 7.91. The molecule has 2 N–H and O–H groups in total. The largest absolute Gasteiger partial charge is 0.354 e. The second-order valence-corrected chi connectivity index (χ2v) is 6.36. The Morgan fingerprint density at radius 2 is 1.69 bits per heavy atom. The molecular formula is C20H20F2N4. The molecule has 0 aliphatic rings. The molecule has 0 atom stereocenters. The number of anilines is 3. The first kappa shape index (κ1) is 17.8. The number of nitrogens with one attached hydrogen (secondary N) is 2. The standard InChI is InChI=1S/C20H20F2N4/c1-13(2)12-23-20-25-18(14-6-4-3-5-7-14)11-19(26-20)24-15-8-9-16(21)17(22)10-15/h3-11,13H,12H2,1-2H3,(H2,23,24,25,26). The molecule has 0 bridgehead atoms. The van der Waals surface area contributed by atoms with E-state index in [1.807, 2.05) is 30.3 Å². The Bertz CT molecular complexity index is 882. The summed E-state index contributed by atoms with van der Waals surface area (Å²) in [6.07, 6.45) is 0. The lowest BCUT2D eigenvalue weighted by molar-refractivity contribution is 0.509. The van der Waals surface area contributed by atoms with Crippen molar-refractivity contribution in [2.45, 2.75) is 13.8 Å². The van der Waals surface area contributed by atoms with E-state index in [2.05, 4.69) is 34.4 Å². The van der Waals surface area contributed by atoms with E-state index in [1.165, 1.54) is 6.07 Å². The lowest BCUT2D eigenvalue weighted by Gasteiger charge is -2.12. The summed E-state index contributed by atoms with van der Waals surface area (Å²) in [5.41, 5.74) is 2.09. The Hall–Kier alpha value is -3.02. The van der Waals surface area contributed by atoms with Crippen LogP contribution in [0.15, 0.2) is 54.6 Å². The number of hydrogen-bond donors (Lipinski definition) is 2. The molecule has 1 aromatic heterocycles. The molecule has 3 rings (SSSR count). The first-order valence-electron chi connectivity index (χ1n) is 8.41. The van der Waals surface area contributed by atoms with Crippen LogP contribution in [0.4, 0.5) is 26.2 Å². The topological polar surface area (TPSA) is 49.8 Å². The molecule has 0 aliphatic carbocycles. The number of nitrogens with zero attached hydrogens (tertiary/aromatic N) is 2. The molecule has 0 radical (unpaired) electrons. The zero-order chi connectivity index (χ0) is 18.5. The fourth-order valence-electron chi connectivity index (χ4n) is 2.36. The van der Waals surface area contributed by atoms with Crippen LogP contribution in [0.5, 0.6) is 0 Å². The molecule has 0 spiro atoms. The summed E-state index contributed by atoms with van der Waals surface area (Å²) in [7, 11) is 0. The maximum atomic E-state index is 13.5. The van der Waals surface area contributed by atoms with E-state index in [9.17, 15) is 8.78 Å².